The predicted molar refractivity (Wildman–Crippen MR) is 124 cm³/mol. The van der Waals surface area contributed by atoms with Crippen molar-refractivity contribution in [2.24, 2.45) is 4.99 Å². The minimum absolute atomic E-state index is 0. The van der Waals surface area contributed by atoms with Gasteiger partial charge in [0.1, 0.15) is 5.69 Å². The monoisotopic (exact) mass is 543 g/mol. The molecule has 1 aromatic rings. The molecule has 1 aliphatic heterocycles. The van der Waals surface area contributed by atoms with Gasteiger partial charge < -0.3 is 20.9 Å². The highest BCUT2D eigenvalue weighted by atomic mass is 127. The summed E-state index contributed by atoms with van der Waals surface area (Å²) in [7, 11) is 0. The molecule has 0 aliphatic carbocycles. The zero-order valence-electron chi connectivity index (χ0n) is 17.6. The van der Waals surface area contributed by atoms with Gasteiger partial charge in [-0.3, -0.25) is 4.99 Å². The highest BCUT2D eigenvalue weighted by Gasteiger charge is 2.32. The largest absolute Gasteiger partial charge is 0.433 e. The topological polar surface area (TPSA) is 77.5 Å². The van der Waals surface area contributed by atoms with Crippen LogP contribution in [0.4, 0.5) is 19.1 Å². The summed E-state index contributed by atoms with van der Waals surface area (Å²) in [6.45, 7) is 8.81. The van der Waals surface area contributed by atoms with E-state index in [2.05, 4.69) is 42.7 Å². The number of rotatable bonds is 9. The molecule has 172 valence electrons. The van der Waals surface area contributed by atoms with Gasteiger partial charge in [-0.1, -0.05) is 6.42 Å². The van der Waals surface area contributed by atoms with Crippen molar-refractivity contribution in [2.45, 2.75) is 51.7 Å². The fraction of sp³-hybridized carbons (Fsp3) is 0.737. The van der Waals surface area contributed by atoms with Crippen LogP contribution < -0.4 is 16.0 Å². The summed E-state index contributed by atoms with van der Waals surface area (Å²) in [5.74, 6) is 0.658. The lowest BCUT2D eigenvalue weighted by Gasteiger charge is -2.33. The Hall–Kier alpha value is -1.37. The van der Waals surface area contributed by atoms with Crippen LogP contribution in [0.2, 0.25) is 0 Å². The summed E-state index contributed by atoms with van der Waals surface area (Å²) in [6.07, 6.45) is 1.49. The second kappa shape index (κ2) is 13.8. The Balaban J connectivity index is 0.00000450. The molecule has 1 atom stereocenters. The number of aromatic nitrogens is 2. The fourth-order valence-electron chi connectivity index (χ4n) is 3.25. The fourth-order valence-corrected chi connectivity index (χ4v) is 3.25. The van der Waals surface area contributed by atoms with Crippen molar-refractivity contribution in [1.82, 2.24) is 25.5 Å². The molecule has 7 nitrogen and oxygen atoms in total. The first kappa shape index (κ1) is 26.7. The molecular weight excluding hydrogens is 510 g/mol. The van der Waals surface area contributed by atoms with Crippen molar-refractivity contribution >= 4 is 35.9 Å². The number of anilines is 1. The number of halogens is 4. The number of guanidine groups is 1. The first-order chi connectivity index (χ1) is 13.9. The van der Waals surface area contributed by atoms with Crippen molar-refractivity contribution in [2.75, 3.05) is 44.6 Å². The Bertz CT molecular complexity index is 643. The molecule has 0 saturated carbocycles. The Morgan fingerprint density at radius 1 is 1.27 bits per heavy atom. The minimum atomic E-state index is -4.48. The van der Waals surface area contributed by atoms with Gasteiger partial charge in [0, 0.05) is 45.0 Å². The van der Waals surface area contributed by atoms with E-state index in [0.29, 0.717) is 25.1 Å². The van der Waals surface area contributed by atoms with Crippen LogP contribution in [0, 0.1) is 0 Å². The zero-order chi connectivity index (χ0) is 21.1. The van der Waals surface area contributed by atoms with Crippen molar-refractivity contribution < 1.29 is 13.2 Å². The number of nitrogens with one attached hydrogen (secondary N) is 3. The van der Waals surface area contributed by atoms with E-state index in [9.17, 15) is 13.2 Å². The number of hydrogen-bond acceptors (Lipinski definition) is 5. The molecule has 0 amide bonds. The van der Waals surface area contributed by atoms with Gasteiger partial charge in [-0.2, -0.15) is 13.2 Å². The van der Waals surface area contributed by atoms with Gasteiger partial charge in [-0.25, -0.2) is 9.97 Å². The molecule has 1 aromatic heterocycles. The molecule has 0 aromatic carbocycles. The maximum absolute atomic E-state index is 12.7. The second-order valence-corrected chi connectivity index (χ2v) is 7.11. The first-order valence-corrected chi connectivity index (χ1v) is 10.3. The van der Waals surface area contributed by atoms with Gasteiger partial charge in [-0.05, 0) is 45.7 Å². The zero-order valence-corrected chi connectivity index (χ0v) is 20.0. The van der Waals surface area contributed by atoms with E-state index in [0.717, 1.165) is 38.3 Å². The lowest BCUT2D eigenvalue weighted by Crippen LogP contribution is -2.40. The summed E-state index contributed by atoms with van der Waals surface area (Å²) in [5.41, 5.74) is -0.958. The average Bonchev–Trinajstić information content (AvgIpc) is 2.69. The van der Waals surface area contributed by atoms with E-state index in [1.54, 1.807) is 0 Å². The second-order valence-electron chi connectivity index (χ2n) is 7.11. The predicted octanol–water partition coefficient (Wildman–Crippen LogP) is 3.34. The normalized spacial score (nSPS) is 17.9. The minimum Gasteiger partial charge on any atom is -0.357 e. The molecule has 11 heteroatoms. The van der Waals surface area contributed by atoms with E-state index < -0.39 is 11.9 Å². The molecule has 1 saturated heterocycles. The molecule has 1 fully saturated rings. The maximum Gasteiger partial charge on any atom is 0.433 e. The SMILES string of the molecule is CCNC(=NCCCN1CCCCC1C)NCCNc1nccc(C(F)(F)F)n1.I. The number of piperidine rings is 1. The molecule has 30 heavy (non-hydrogen) atoms. The van der Waals surface area contributed by atoms with Gasteiger partial charge in [0.2, 0.25) is 5.95 Å². The van der Waals surface area contributed by atoms with E-state index in [-0.39, 0.29) is 29.9 Å². The van der Waals surface area contributed by atoms with E-state index in [1.165, 1.54) is 25.8 Å². The van der Waals surface area contributed by atoms with Gasteiger partial charge in [-0.15, -0.1) is 24.0 Å². The molecular formula is C19H33F3IN7. The lowest BCUT2D eigenvalue weighted by molar-refractivity contribution is -0.141. The van der Waals surface area contributed by atoms with Crippen molar-refractivity contribution in [3.63, 3.8) is 0 Å². The smallest absolute Gasteiger partial charge is 0.357 e. The van der Waals surface area contributed by atoms with Gasteiger partial charge in [0.15, 0.2) is 5.96 Å². The highest BCUT2D eigenvalue weighted by molar-refractivity contribution is 14.0. The standard InChI is InChI=1S/C19H32F3N7.HI/c1-3-23-17(24-9-6-14-29-13-5-4-7-15(29)2)26-11-12-27-18-25-10-8-16(28-18)19(20,21)22;/h8,10,15H,3-7,9,11-14H2,1-2H3,(H2,23,24,26)(H,25,27,28);1H. The highest BCUT2D eigenvalue weighted by Crippen LogP contribution is 2.27. The van der Waals surface area contributed by atoms with Gasteiger partial charge in [0.25, 0.3) is 0 Å². The Labute approximate surface area is 193 Å². The van der Waals surface area contributed by atoms with E-state index >= 15 is 0 Å². The molecule has 0 radical (unpaired) electrons. The third-order valence-electron chi connectivity index (χ3n) is 4.80. The molecule has 2 heterocycles. The Morgan fingerprint density at radius 3 is 2.77 bits per heavy atom. The molecule has 3 N–H and O–H groups in total. The number of aliphatic imine (C=N–C) groups is 1. The van der Waals surface area contributed by atoms with Crippen LogP contribution in [0.5, 0.6) is 0 Å². The third-order valence-corrected chi connectivity index (χ3v) is 4.80. The van der Waals surface area contributed by atoms with Crippen LogP contribution in [0.25, 0.3) is 0 Å². The van der Waals surface area contributed by atoms with Crippen molar-refractivity contribution in [3.8, 4) is 0 Å². The van der Waals surface area contributed by atoms with Gasteiger partial charge >= 0.3 is 6.18 Å². The van der Waals surface area contributed by atoms with Crippen LogP contribution in [0.1, 0.15) is 45.2 Å². The van der Waals surface area contributed by atoms with Crippen LogP contribution in [0.3, 0.4) is 0 Å². The first-order valence-electron chi connectivity index (χ1n) is 10.3. The average molecular weight is 543 g/mol. The maximum atomic E-state index is 12.7. The molecule has 1 unspecified atom stereocenters. The van der Waals surface area contributed by atoms with Crippen LogP contribution in [0.15, 0.2) is 17.3 Å². The van der Waals surface area contributed by atoms with Crippen molar-refractivity contribution in [1.29, 1.82) is 0 Å². The van der Waals surface area contributed by atoms with Crippen molar-refractivity contribution in [3.05, 3.63) is 18.0 Å². The molecule has 0 bridgehead atoms. The molecule has 0 spiro atoms. The van der Waals surface area contributed by atoms with E-state index in [4.69, 9.17) is 0 Å². The summed E-state index contributed by atoms with van der Waals surface area (Å²) in [5, 5.41) is 9.14. The van der Waals surface area contributed by atoms with Crippen LogP contribution >= 0.6 is 24.0 Å². The summed E-state index contributed by atoms with van der Waals surface area (Å²) in [6, 6.07) is 1.51. The molecule has 1 aliphatic rings. The Kier molecular flexibility index (Phi) is 12.3. The number of alkyl halides is 3. The summed E-state index contributed by atoms with van der Waals surface area (Å²) in [4.78, 5) is 14.4. The summed E-state index contributed by atoms with van der Waals surface area (Å²) < 4.78 is 38.0. The van der Waals surface area contributed by atoms with Crippen LogP contribution in [-0.4, -0.2) is 66.1 Å². The third kappa shape index (κ3) is 9.63. The summed E-state index contributed by atoms with van der Waals surface area (Å²) >= 11 is 0. The quantitative estimate of drug-likeness (QED) is 0.192. The molecule has 2 rings (SSSR count). The number of hydrogen-bond donors (Lipinski definition) is 3. The number of nitrogens with zero attached hydrogens (tertiary/aromatic N) is 4. The van der Waals surface area contributed by atoms with Crippen LogP contribution in [-0.2, 0) is 6.18 Å². The van der Waals surface area contributed by atoms with Gasteiger partial charge in [0.05, 0.1) is 0 Å². The Morgan fingerprint density at radius 2 is 2.07 bits per heavy atom. The lowest BCUT2D eigenvalue weighted by atomic mass is 10.0. The van der Waals surface area contributed by atoms with E-state index in [1.807, 2.05) is 6.92 Å². The number of likely N-dealkylation sites (tertiary alicyclic amines) is 1.